The van der Waals surface area contributed by atoms with Crippen molar-refractivity contribution in [2.24, 2.45) is 0 Å². The Morgan fingerprint density at radius 1 is 1.29 bits per heavy atom. The van der Waals surface area contributed by atoms with E-state index in [9.17, 15) is 4.79 Å². The van der Waals surface area contributed by atoms with Crippen LogP contribution in [0.2, 0.25) is 0 Å². The first-order chi connectivity index (χ1) is 11.6. The van der Waals surface area contributed by atoms with Crippen molar-refractivity contribution in [3.63, 3.8) is 0 Å². The minimum absolute atomic E-state index is 0.133. The number of aryl methyl sites for hydroxylation is 2. The van der Waals surface area contributed by atoms with Gasteiger partial charge in [0.1, 0.15) is 5.69 Å². The maximum Gasteiger partial charge on any atom is 0.270 e. The predicted molar refractivity (Wildman–Crippen MR) is 93.7 cm³/mol. The van der Waals surface area contributed by atoms with E-state index < -0.39 is 0 Å². The van der Waals surface area contributed by atoms with Crippen molar-refractivity contribution in [3.05, 3.63) is 57.4 Å². The van der Waals surface area contributed by atoms with Gasteiger partial charge in [-0.05, 0) is 44.9 Å². The molecule has 0 radical (unpaired) electrons. The SMILES string of the molecule is Cc1nc(C(=O)NCCc2c(C)nn(-c3ccccn3)c2C)cs1. The van der Waals surface area contributed by atoms with Crippen molar-refractivity contribution in [2.45, 2.75) is 27.2 Å². The molecule has 124 valence electrons. The first-order valence-electron chi connectivity index (χ1n) is 7.73. The topological polar surface area (TPSA) is 72.7 Å². The van der Waals surface area contributed by atoms with Crippen molar-refractivity contribution >= 4 is 17.2 Å². The summed E-state index contributed by atoms with van der Waals surface area (Å²) >= 11 is 1.48. The highest BCUT2D eigenvalue weighted by molar-refractivity contribution is 7.09. The number of rotatable bonds is 5. The average Bonchev–Trinajstić information content (AvgIpc) is 3.13. The van der Waals surface area contributed by atoms with Gasteiger partial charge in [-0.1, -0.05) is 6.07 Å². The number of aromatic nitrogens is 4. The first kappa shape index (κ1) is 16.3. The molecular formula is C17H19N5OS. The van der Waals surface area contributed by atoms with Crippen LogP contribution in [0.3, 0.4) is 0 Å². The van der Waals surface area contributed by atoms with Crippen LogP contribution < -0.4 is 5.32 Å². The Kier molecular flexibility index (Phi) is 4.71. The quantitative estimate of drug-likeness (QED) is 0.774. The van der Waals surface area contributed by atoms with Gasteiger partial charge in [0.2, 0.25) is 0 Å². The van der Waals surface area contributed by atoms with Crippen molar-refractivity contribution in [1.82, 2.24) is 25.1 Å². The fourth-order valence-corrected chi connectivity index (χ4v) is 3.19. The smallest absolute Gasteiger partial charge is 0.270 e. The van der Waals surface area contributed by atoms with Crippen LogP contribution in [0.15, 0.2) is 29.8 Å². The minimum atomic E-state index is -0.133. The summed E-state index contributed by atoms with van der Waals surface area (Å²) in [6.45, 7) is 6.44. The summed E-state index contributed by atoms with van der Waals surface area (Å²) in [6.07, 6.45) is 2.47. The summed E-state index contributed by atoms with van der Waals surface area (Å²) in [4.78, 5) is 20.6. The Morgan fingerprint density at radius 2 is 2.12 bits per heavy atom. The van der Waals surface area contributed by atoms with Gasteiger partial charge in [0.25, 0.3) is 5.91 Å². The number of carbonyl (C=O) groups is 1. The molecule has 0 spiro atoms. The van der Waals surface area contributed by atoms with Crippen molar-refractivity contribution in [1.29, 1.82) is 0 Å². The lowest BCUT2D eigenvalue weighted by Crippen LogP contribution is -2.26. The molecule has 0 saturated heterocycles. The van der Waals surface area contributed by atoms with E-state index >= 15 is 0 Å². The largest absolute Gasteiger partial charge is 0.350 e. The standard InChI is InChI=1S/C17H19N5OS/c1-11-14(7-9-19-17(23)15-10-24-13(3)20-15)12(2)22(21-11)16-6-4-5-8-18-16/h4-6,8,10H,7,9H2,1-3H3,(H,19,23). The molecule has 3 aromatic rings. The summed E-state index contributed by atoms with van der Waals surface area (Å²) in [5, 5.41) is 10.2. The Hall–Kier alpha value is -2.54. The molecular weight excluding hydrogens is 322 g/mol. The highest BCUT2D eigenvalue weighted by Crippen LogP contribution is 2.17. The van der Waals surface area contributed by atoms with Crippen LogP contribution in [0, 0.1) is 20.8 Å². The normalized spacial score (nSPS) is 10.8. The van der Waals surface area contributed by atoms with Gasteiger partial charge in [-0.3, -0.25) is 4.79 Å². The van der Waals surface area contributed by atoms with Crippen LogP contribution in [-0.2, 0) is 6.42 Å². The van der Waals surface area contributed by atoms with E-state index in [1.165, 1.54) is 11.3 Å². The second kappa shape index (κ2) is 6.92. The molecule has 0 aliphatic heterocycles. The molecule has 0 saturated carbocycles. The van der Waals surface area contributed by atoms with Crippen LogP contribution in [0.4, 0.5) is 0 Å². The van der Waals surface area contributed by atoms with E-state index in [4.69, 9.17) is 0 Å². The summed E-state index contributed by atoms with van der Waals surface area (Å²) in [7, 11) is 0. The monoisotopic (exact) mass is 341 g/mol. The van der Waals surface area contributed by atoms with Crippen molar-refractivity contribution < 1.29 is 4.79 Å². The lowest BCUT2D eigenvalue weighted by Gasteiger charge is -2.05. The van der Waals surface area contributed by atoms with Gasteiger partial charge < -0.3 is 5.32 Å². The van der Waals surface area contributed by atoms with Crippen LogP contribution in [0.25, 0.3) is 5.82 Å². The zero-order valence-electron chi connectivity index (χ0n) is 13.9. The summed E-state index contributed by atoms with van der Waals surface area (Å²) in [6, 6.07) is 5.75. The van der Waals surface area contributed by atoms with E-state index in [2.05, 4.69) is 20.4 Å². The van der Waals surface area contributed by atoms with Gasteiger partial charge in [-0.15, -0.1) is 11.3 Å². The fraction of sp³-hybridized carbons (Fsp3) is 0.294. The Bertz CT molecular complexity index is 853. The Labute approximate surface area is 144 Å². The number of amides is 1. The molecule has 0 aliphatic rings. The van der Waals surface area contributed by atoms with Gasteiger partial charge in [-0.25, -0.2) is 14.6 Å². The molecule has 3 heterocycles. The molecule has 0 fully saturated rings. The molecule has 7 heteroatoms. The lowest BCUT2D eigenvalue weighted by molar-refractivity contribution is 0.0949. The zero-order valence-corrected chi connectivity index (χ0v) is 14.7. The molecule has 0 atom stereocenters. The molecule has 0 bridgehead atoms. The maximum atomic E-state index is 12.0. The lowest BCUT2D eigenvalue weighted by atomic mass is 10.1. The highest BCUT2D eigenvalue weighted by Gasteiger charge is 2.14. The van der Waals surface area contributed by atoms with Crippen LogP contribution in [0.1, 0.15) is 32.4 Å². The molecule has 24 heavy (non-hydrogen) atoms. The van der Waals surface area contributed by atoms with E-state index in [0.717, 1.165) is 34.2 Å². The zero-order chi connectivity index (χ0) is 17.1. The van der Waals surface area contributed by atoms with Crippen LogP contribution in [0.5, 0.6) is 0 Å². The summed E-state index contributed by atoms with van der Waals surface area (Å²) in [5.74, 6) is 0.665. The second-order valence-corrected chi connectivity index (χ2v) is 6.57. The van der Waals surface area contributed by atoms with Crippen LogP contribution >= 0.6 is 11.3 Å². The third kappa shape index (κ3) is 3.35. The average molecular weight is 341 g/mol. The molecule has 0 aromatic carbocycles. The Morgan fingerprint density at radius 3 is 2.79 bits per heavy atom. The molecule has 1 N–H and O–H groups in total. The van der Waals surface area contributed by atoms with E-state index in [1.54, 1.807) is 11.6 Å². The molecule has 3 rings (SSSR count). The van der Waals surface area contributed by atoms with Crippen LogP contribution in [-0.4, -0.2) is 32.2 Å². The predicted octanol–water partition coefficient (Wildman–Crippen LogP) is 2.62. The summed E-state index contributed by atoms with van der Waals surface area (Å²) in [5.41, 5.74) is 3.62. The molecule has 1 amide bonds. The van der Waals surface area contributed by atoms with Gasteiger partial charge in [0, 0.05) is 23.8 Å². The number of carbonyl (C=O) groups excluding carboxylic acids is 1. The molecule has 3 aromatic heterocycles. The van der Waals surface area contributed by atoms with E-state index in [1.807, 2.05) is 43.7 Å². The fourth-order valence-electron chi connectivity index (χ4n) is 2.60. The number of hydrogen-bond donors (Lipinski definition) is 1. The third-order valence-electron chi connectivity index (χ3n) is 3.82. The second-order valence-electron chi connectivity index (χ2n) is 5.51. The van der Waals surface area contributed by atoms with Gasteiger partial charge in [0.05, 0.1) is 10.7 Å². The highest BCUT2D eigenvalue weighted by atomic mass is 32.1. The first-order valence-corrected chi connectivity index (χ1v) is 8.61. The third-order valence-corrected chi connectivity index (χ3v) is 4.59. The Balaban J connectivity index is 1.68. The van der Waals surface area contributed by atoms with Crippen molar-refractivity contribution in [2.75, 3.05) is 6.54 Å². The minimum Gasteiger partial charge on any atom is -0.350 e. The molecule has 0 unspecified atom stereocenters. The van der Waals surface area contributed by atoms with Crippen molar-refractivity contribution in [3.8, 4) is 5.82 Å². The summed E-state index contributed by atoms with van der Waals surface area (Å²) < 4.78 is 1.84. The van der Waals surface area contributed by atoms with Gasteiger partial charge >= 0.3 is 0 Å². The van der Waals surface area contributed by atoms with E-state index in [0.29, 0.717) is 12.2 Å². The number of pyridine rings is 1. The number of nitrogens with zero attached hydrogens (tertiary/aromatic N) is 4. The number of hydrogen-bond acceptors (Lipinski definition) is 5. The molecule has 6 nitrogen and oxygen atoms in total. The van der Waals surface area contributed by atoms with Gasteiger partial charge in [0.15, 0.2) is 5.82 Å². The van der Waals surface area contributed by atoms with Gasteiger partial charge in [-0.2, -0.15) is 5.10 Å². The number of thiazole rings is 1. The van der Waals surface area contributed by atoms with E-state index in [-0.39, 0.29) is 5.91 Å². The number of nitrogens with one attached hydrogen (secondary N) is 1. The maximum absolute atomic E-state index is 12.0. The molecule has 0 aliphatic carbocycles.